The third-order valence-electron chi connectivity index (χ3n) is 2.13. The van der Waals surface area contributed by atoms with Gasteiger partial charge >= 0.3 is 5.97 Å². The van der Waals surface area contributed by atoms with Gasteiger partial charge in [-0.1, -0.05) is 11.8 Å². The maximum Gasteiger partial charge on any atom is 0.363 e. The molecule has 0 spiro atoms. The number of halogens is 2. The molecule has 0 aliphatic rings. The van der Waals surface area contributed by atoms with Crippen LogP contribution in [0.2, 0.25) is 0 Å². The standard InChI is InChI=1S/C13H11F2N3O3S/c1-2-21-12(20)11(10(19)7-16)18-17-8-3-5-9(6-4-8)22-13(14)15/h3-6,13,19H,2H2,1H3/b11-10-,18-17?. The number of carbonyl (C=O) groups is 1. The predicted octanol–water partition coefficient (Wildman–Crippen LogP) is 3.94. The molecule has 0 aliphatic carbocycles. The van der Waals surface area contributed by atoms with E-state index in [2.05, 4.69) is 15.0 Å². The summed E-state index contributed by atoms with van der Waals surface area (Å²) >= 11 is 0.379. The minimum Gasteiger partial charge on any atom is -0.498 e. The van der Waals surface area contributed by atoms with Crippen molar-refractivity contribution in [2.45, 2.75) is 17.6 Å². The number of allylic oxidation sites excluding steroid dienone is 1. The molecular formula is C13H11F2N3O3S. The van der Waals surface area contributed by atoms with Crippen molar-refractivity contribution in [1.29, 1.82) is 5.26 Å². The van der Waals surface area contributed by atoms with E-state index < -0.39 is 23.2 Å². The van der Waals surface area contributed by atoms with Gasteiger partial charge in [0.05, 0.1) is 12.3 Å². The lowest BCUT2D eigenvalue weighted by Gasteiger charge is -2.01. The Balaban J connectivity index is 2.92. The molecule has 0 aromatic heterocycles. The molecule has 1 rings (SSSR count). The zero-order valence-electron chi connectivity index (χ0n) is 11.4. The normalized spacial score (nSPS) is 12.1. The number of carbonyl (C=O) groups excluding carboxylic acids is 1. The van der Waals surface area contributed by atoms with Gasteiger partial charge in [-0.25, -0.2) is 4.79 Å². The summed E-state index contributed by atoms with van der Waals surface area (Å²) < 4.78 is 29.0. The average molecular weight is 327 g/mol. The van der Waals surface area contributed by atoms with Crippen molar-refractivity contribution in [3.63, 3.8) is 0 Å². The summed E-state index contributed by atoms with van der Waals surface area (Å²) in [6.07, 6.45) is 0. The number of esters is 1. The second-order valence-corrected chi connectivity index (χ2v) is 4.67. The van der Waals surface area contributed by atoms with Crippen LogP contribution in [0, 0.1) is 11.3 Å². The van der Waals surface area contributed by atoms with Gasteiger partial charge in [0.25, 0.3) is 5.76 Å². The van der Waals surface area contributed by atoms with Crippen LogP contribution < -0.4 is 0 Å². The Labute approximate surface area is 129 Å². The van der Waals surface area contributed by atoms with Crippen molar-refractivity contribution in [2.24, 2.45) is 10.2 Å². The van der Waals surface area contributed by atoms with Crippen LogP contribution >= 0.6 is 11.8 Å². The number of aliphatic hydroxyl groups is 1. The first-order valence-electron chi connectivity index (χ1n) is 5.95. The topological polar surface area (TPSA) is 95.0 Å². The van der Waals surface area contributed by atoms with Crippen LogP contribution in [-0.4, -0.2) is 23.4 Å². The van der Waals surface area contributed by atoms with E-state index in [9.17, 15) is 18.7 Å². The van der Waals surface area contributed by atoms with Crippen LogP contribution in [0.1, 0.15) is 6.92 Å². The highest BCUT2D eigenvalue weighted by Gasteiger charge is 2.16. The van der Waals surface area contributed by atoms with E-state index in [1.807, 2.05) is 0 Å². The molecule has 0 unspecified atom stereocenters. The summed E-state index contributed by atoms with van der Waals surface area (Å²) in [5, 5.41) is 25.0. The summed E-state index contributed by atoms with van der Waals surface area (Å²) in [6.45, 7) is 1.59. The minimum atomic E-state index is -2.53. The molecule has 0 radical (unpaired) electrons. The number of azo groups is 1. The lowest BCUT2D eigenvalue weighted by Crippen LogP contribution is -2.08. The van der Waals surface area contributed by atoms with E-state index in [1.165, 1.54) is 30.3 Å². The zero-order chi connectivity index (χ0) is 16.5. The lowest BCUT2D eigenvalue weighted by molar-refractivity contribution is -0.138. The van der Waals surface area contributed by atoms with E-state index in [4.69, 9.17) is 5.26 Å². The van der Waals surface area contributed by atoms with Crippen LogP contribution in [0.15, 0.2) is 50.8 Å². The molecule has 0 aliphatic heterocycles. The number of aliphatic hydroxyl groups excluding tert-OH is 1. The van der Waals surface area contributed by atoms with Gasteiger partial charge in [0.2, 0.25) is 11.5 Å². The van der Waals surface area contributed by atoms with Crippen LogP contribution in [0.3, 0.4) is 0 Å². The second-order valence-electron chi connectivity index (χ2n) is 3.60. The lowest BCUT2D eigenvalue weighted by atomic mass is 10.3. The SMILES string of the molecule is CCOC(=O)/C(N=Nc1ccc(SC(F)F)cc1)=C(/O)C#N. The first-order chi connectivity index (χ1) is 10.5. The van der Waals surface area contributed by atoms with Crippen molar-refractivity contribution in [1.82, 2.24) is 0 Å². The molecule has 0 fully saturated rings. The van der Waals surface area contributed by atoms with E-state index in [0.29, 0.717) is 16.7 Å². The molecule has 6 nitrogen and oxygen atoms in total. The molecule has 116 valence electrons. The summed E-state index contributed by atoms with van der Waals surface area (Å²) in [4.78, 5) is 11.9. The summed E-state index contributed by atoms with van der Waals surface area (Å²) in [5.41, 5.74) is -0.374. The van der Waals surface area contributed by atoms with Crippen LogP contribution in [-0.2, 0) is 9.53 Å². The fourth-order valence-electron chi connectivity index (χ4n) is 1.24. The summed E-state index contributed by atoms with van der Waals surface area (Å²) in [6, 6.07) is 6.98. The number of hydrogen-bond donors (Lipinski definition) is 1. The van der Waals surface area contributed by atoms with Crippen molar-refractivity contribution >= 4 is 23.4 Å². The first-order valence-corrected chi connectivity index (χ1v) is 6.83. The van der Waals surface area contributed by atoms with Crippen LogP contribution in [0.4, 0.5) is 14.5 Å². The Bertz CT molecular complexity index is 624. The third kappa shape index (κ3) is 5.49. The fraction of sp³-hybridized carbons (Fsp3) is 0.231. The minimum absolute atomic E-state index is 0.0378. The number of alkyl halides is 2. The van der Waals surface area contributed by atoms with E-state index in [0.717, 1.165) is 0 Å². The van der Waals surface area contributed by atoms with Gasteiger partial charge in [-0.2, -0.15) is 19.2 Å². The molecule has 0 amide bonds. The molecular weight excluding hydrogens is 316 g/mol. The highest BCUT2D eigenvalue weighted by atomic mass is 32.2. The highest BCUT2D eigenvalue weighted by molar-refractivity contribution is 7.99. The van der Waals surface area contributed by atoms with E-state index in [-0.39, 0.29) is 12.3 Å². The van der Waals surface area contributed by atoms with Gasteiger partial charge < -0.3 is 9.84 Å². The van der Waals surface area contributed by atoms with Gasteiger partial charge in [-0.05, 0) is 31.2 Å². The van der Waals surface area contributed by atoms with Crippen LogP contribution in [0.25, 0.3) is 0 Å². The molecule has 0 saturated carbocycles. The fourth-order valence-corrected chi connectivity index (χ4v) is 1.74. The Kier molecular flexibility index (Phi) is 6.98. The molecule has 0 heterocycles. The molecule has 0 bridgehead atoms. The zero-order valence-corrected chi connectivity index (χ0v) is 12.2. The van der Waals surface area contributed by atoms with Gasteiger partial charge in [-0.3, -0.25) is 0 Å². The Morgan fingerprint density at radius 3 is 2.59 bits per heavy atom. The number of ether oxygens (including phenoxy) is 1. The third-order valence-corrected chi connectivity index (χ3v) is 2.85. The molecule has 1 aromatic carbocycles. The first kappa shape index (κ1) is 17.6. The molecule has 9 heteroatoms. The van der Waals surface area contributed by atoms with Crippen molar-refractivity contribution < 1.29 is 23.4 Å². The quantitative estimate of drug-likeness (QED) is 0.162. The average Bonchev–Trinajstić information content (AvgIpc) is 2.48. The number of nitriles is 1. The number of thioether (sulfide) groups is 1. The second kappa shape index (κ2) is 8.74. The Morgan fingerprint density at radius 2 is 2.09 bits per heavy atom. The van der Waals surface area contributed by atoms with Crippen molar-refractivity contribution in [2.75, 3.05) is 6.61 Å². The molecule has 0 atom stereocenters. The van der Waals surface area contributed by atoms with Gasteiger partial charge in [0.1, 0.15) is 6.07 Å². The Morgan fingerprint density at radius 1 is 1.45 bits per heavy atom. The number of hydrogen-bond acceptors (Lipinski definition) is 7. The smallest absolute Gasteiger partial charge is 0.363 e. The van der Waals surface area contributed by atoms with E-state index >= 15 is 0 Å². The number of benzene rings is 1. The Hall–Kier alpha value is -2.47. The van der Waals surface area contributed by atoms with Gasteiger partial charge in [-0.15, -0.1) is 5.11 Å². The molecule has 22 heavy (non-hydrogen) atoms. The molecule has 0 saturated heterocycles. The summed E-state index contributed by atoms with van der Waals surface area (Å²) in [7, 11) is 0. The van der Waals surface area contributed by atoms with Crippen molar-refractivity contribution in [3.8, 4) is 6.07 Å². The van der Waals surface area contributed by atoms with Gasteiger partial charge in [0, 0.05) is 4.90 Å². The summed E-state index contributed by atoms with van der Waals surface area (Å²) in [5.74, 6) is -4.44. The molecule has 1 aromatic rings. The van der Waals surface area contributed by atoms with Gasteiger partial charge in [0.15, 0.2) is 0 Å². The number of rotatable bonds is 6. The monoisotopic (exact) mass is 327 g/mol. The largest absolute Gasteiger partial charge is 0.498 e. The van der Waals surface area contributed by atoms with Crippen LogP contribution in [0.5, 0.6) is 0 Å². The highest BCUT2D eigenvalue weighted by Crippen LogP contribution is 2.27. The predicted molar refractivity (Wildman–Crippen MR) is 74.7 cm³/mol. The molecule has 1 N–H and O–H groups in total. The van der Waals surface area contributed by atoms with Crippen molar-refractivity contribution in [3.05, 3.63) is 35.7 Å². The number of nitrogens with zero attached hydrogens (tertiary/aromatic N) is 3. The maximum atomic E-state index is 12.2. The van der Waals surface area contributed by atoms with E-state index in [1.54, 1.807) is 6.92 Å². The maximum absolute atomic E-state index is 12.2.